The van der Waals surface area contributed by atoms with Crippen molar-refractivity contribution in [2.45, 2.75) is 33.1 Å². The lowest BCUT2D eigenvalue weighted by Gasteiger charge is -2.22. The van der Waals surface area contributed by atoms with Gasteiger partial charge in [0.15, 0.2) is 5.78 Å². The summed E-state index contributed by atoms with van der Waals surface area (Å²) in [5.74, 6) is -0.670. The van der Waals surface area contributed by atoms with Gasteiger partial charge < -0.3 is 0 Å². The molecule has 0 heterocycles. The van der Waals surface area contributed by atoms with Crippen molar-refractivity contribution >= 4 is 5.78 Å². The van der Waals surface area contributed by atoms with Crippen molar-refractivity contribution in [3.8, 4) is 6.07 Å². The van der Waals surface area contributed by atoms with Gasteiger partial charge in [-0.15, -0.1) is 0 Å². The van der Waals surface area contributed by atoms with Crippen LogP contribution in [-0.4, -0.2) is 5.78 Å². The van der Waals surface area contributed by atoms with Gasteiger partial charge in [0.25, 0.3) is 0 Å². The van der Waals surface area contributed by atoms with Crippen molar-refractivity contribution in [3.05, 3.63) is 35.4 Å². The minimum Gasteiger partial charge on any atom is -0.293 e. The van der Waals surface area contributed by atoms with Crippen LogP contribution in [0.2, 0.25) is 0 Å². The number of hydrogen-bond acceptors (Lipinski definition) is 2. The molecule has 0 aliphatic carbocycles. The molecule has 0 saturated carbocycles. The van der Waals surface area contributed by atoms with Gasteiger partial charge in [-0.2, -0.15) is 5.26 Å². The van der Waals surface area contributed by atoms with Crippen LogP contribution in [0.1, 0.15) is 43.6 Å². The molecule has 0 aliphatic rings. The Morgan fingerprint density at radius 1 is 1.31 bits per heavy atom. The van der Waals surface area contributed by atoms with Crippen LogP contribution in [0.15, 0.2) is 24.3 Å². The van der Waals surface area contributed by atoms with Gasteiger partial charge in [-0.25, -0.2) is 0 Å². The molecule has 1 atom stereocenters. The van der Waals surface area contributed by atoms with Crippen LogP contribution in [0.4, 0.5) is 0 Å². The van der Waals surface area contributed by atoms with Crippen LogP contribution in [0.3, 0.4) is 0 Å². The van der Waals surface area contributed by atoms with Crippen LogP contribution in [0, 0.1) is 17.2 Å². The van der Waals surface area contributed by atoms with Gasteiger partial charge in [-0.05, 0) is 17.9 Å². The average molecular weight is 215 g/mol. The zero-order valence-corrected chi connectivity index (χ0v) is 10.2. The largest absolute Gasteiger partial charge is 0.293 e. The van der Waals surface area contributed by atoms with Gasteiger partial charge >= 0.3 is 0 Å². The molecule has 16 heavy (non-hydrogen) atoms. The van der Waals surface area contributed by atoms with E-state index in [1.54, 1.807) is 13.0 Å². The lowest BCUT2D eigenvalue weighted by Crippen LogP contribution is -2.19. The number of hydrogen-bond donors (Lipinski definition) is 0. The fraction of sp³-hybridized carbons (Fsp3) is 0.429. The second-order valence-corrected chi connectivity index (χ2v) is 5.01. The Hall–Kier alpha value is -1.62. The Morgan fingerprint density at radius 2 is 1.88 bits per heavy atom. The molecule has 2 nitrogen and oxygen atoms in total. The lowest BCUT2D eigenvalue weighted by atomic mass is 9.81. The SMILES string of the molecule is CC(C#N)C(=O)c1ccccc1C(C)(C)C. The van der Waals surface area contributed by atoms with E-state index < -0.39 is 5.92 Å². The van der Waals surface area contributed by atoms with Crippen molar-refractivity contribution < 1.29 is 4.79 Å². The maximum atomic E-state index is 12.0. The number of carbonyl (C=O) groups excluding carboxylic acids is 1. The fourth-order valence-corrected chi connectivity index (χ4v) is 1.64. The van der Waals surface area contributed by atoms with E-state index in [2.05, 4.69) is 20.8 Å². The van der Waals surface area contributed by atoms with Crippen molar-refractivity contribution in [2.75, 3.05) is 0 Å². The van der Waals surface area contributed by atoms with Gasteiger partial charge in [0.05, 0.1) is 6.07 Å². The molecule has 0 spiro atoms. The number of Topliss-reactive ketones (excluding diaryl/α,β-unsaturated/α-hetero) is 1. The molecule has 84 valence electrons. The summed E-state index contributed by atoms with van der Waals surface area (Å²) in [6, 6.07) is 9.52. The Kier molecular flexibility index (Phi) is 3.49. The maximum Gasteiger partial charge on any atom is 0.179 e. The summed E-state index contributed by atoms with van der Waals surface area (Å²) in [7, 11) is 0. The first-order valence-corrected chi connectivity index (χ1v) is 5.41. The van der Waals surface area contributed by atoms with Crippen molar-refractivity contribution in [2.24, 2.45) is 5.92 Å². The third-order valence-corrected chi connectivity index (χ3v) is 2.59. The average Bonchev–Trinajstić information content (AvgIpc) is 2.26. The summed E-state index contributed by atoms with van der Waals surface area (Å²) >= 11 is 0. The monoisotopic (exact) mass is 215 g/mol. The van der Waals surface area contributed by atoms with Crippen molar-refractivity contribution in [1.29, 1.82) is 5.26 Å². The molecule has 0 bridgehead atoms. The van der Waals surface area contributed by atoms with Crippen LogP contribution in [0.5, 0.6) is 0 Å². The van der Waals surface area contributed by atoms with Crippen molar-refractivity contribution in [3.63, 3.8) is 0 Å². The zero-order chi connectivity index (χ0) is 12.3. The summed E-state index contributed by atoms with van der Waals surface area (Å²) in [4.78, 5) is 12.0. The molecule has 0 saturated heterocycles. The maximum absolute atomic E-state index is 12.0. The Balaban J connectivity index is 3.26. The molecule has 0 amide bonds. The molecule has 1 aromatic carbocycles. The first-order chi connectivity index (χ1) is 7.38. The first-order valence-electron chi connectivity index (χ1n) is 5.41. The Labute approximate surface area is 96.9 Å². The highest BCUT2D eigenvalue weighted by Gasteiger charge is 2.23. The molecule has 0 aliphatic heterocycles. The molecule has 0 radical (unpaired) electrons. The summed E-state index contributed by atoms with van der Waals surface area (Å²) < 4.78 is 0. The van der Waals surface area contributed by atoms with E-state index in [4.69, 9.17) is 5.26 Å². The number of nitrogens with zero attached hydrogens (tertiary/aromatic N) is 1. The lowest BCUT2D eigenvalue weighted by molar-refractivity contribution is 0.0954. The predicted octanol–water partition coefficient (Wildman–Crippen LogP) is 3.33. The van der Waals surface area contributed by atoms with Gasteiger partial charge in [-0.3, -0.25) is 4.79 Å². The highest BCUT2D eigenvalue weighted by atomic mass is 16.1. The first kappa shape index (κ1) is 12.4. The van der Waals surface area contributed by atoms with E-state index >= 15 is 0 Å². The molecule has 0 N–H and O–H groups in total. The fourth-order valence-electron chi connectivity index (χ4n) is 1.64. The van der Waals surface area contributed by atoms with Gasteiger partial charge in [0.2, 0.25) is 0 Å². The van der Waals surface area contributed by atoms with Gasteiger partial charge in [0.1, 0.15) is 5.92 Å². The molecule has 1 rings (SSSR count). The summed E-state index contributed by atoms with van der Waals surface area (Å²) in [5, 5.41) is 8.79. The van der Waals surface area contributed by atoms with E-state index in [-0.39, 0.29) is 11.2 Å². The van der Waals surface area contributed by atoms with Gasteiger partial charge in [-0.1, -0.05) is 45.0 Å². The number of nitriles is 1. The molecule has 1 aromatic rings. The quantitative estimate of drug-likeness (QED) is 0.710. The highest BCUT2D eigenvalue weighted by molar-refractivity contribution is 6.00. The van der Waals surface area contributed by atoms with Crippen LogP contribution in [0.25, 0.3) is 0 Å². The minimum atomic E-state index is -0.580. The van der Waals surface area contributed by atoms with Crippen LogP contribution < -0.4 is 0 Å². The number of rotatable bonds is 2. The predicted molar refractivity (Wildman–Crippen MR) is 64.2 cm³/mol. The molecular weight excluding hydrogens is 198 g/mol. The third kappa shape index (κ3) is 2.49. The van der Waals surface area contributed by atoms with Crippen LogP contribution in [-0.2, 0) is 5.41 Å². The zero-order valence-electron chi connectivity index (χ0n) is 10.2. The summed E-state index contributed by atoms with van der Waals surface area (Å²) in [6.45, 7) is 7.84. The summed E-state index contributed by atoms with van der Waals surface area (Å²) in [6.07, 6.45) is 0. The third-order valence-electron chi connectivity index (χ3n) is 2.59. The molecular formula is C14H17NO. The molecule has 0 aromatic heterocycles. The van der Waals surface area contributed by atoms with E-state index in [0.29, 0.717) is 5.56 Å². The molecule has 2 heteroatoms. The van der Waals surface area contributed by atoms with E-state index in [1.807, 2.05) is 24.3 Å². The second kappa shape index (κ2) is 4.49. The molecule has 1 unspecified atom stereocenters. The van der Waals surface area contributed by atoms with E-state index in [1.165, 1.54) is 0 Å². The van der Waals surface area contributed by atoms with Crippen LogP contribution >= 0.6 is 0 Å². The van der Waals surface area contributed by atoms with E-state index in [9.17, 15) is 4.79 Å². The topological polar surface area (TPSA) is 40.9 Å². The van der Waals surface area contributed by atoms with Gasteiger partial charge in [0, 0.05) is 5.56 Å². The molecule has 0 fully saturated rings. The van der Waals surface area contributed by atoms with Crippen molar-refractivity contribution in [1.82, 2.24) is 0 Å². The number of carbonyl (C=O) groups is 1. The number of ketones is 1. The second-order valence-electron chi connectivity index (χ2n) is 5.01. The van der Waals surface area contributed by atoms with E-state index in [0.717, 1.165) is 5.56 Å². The number of benzene rings is 1. The smallest absolute Gasteiger partial charge is 0.179 e. The Bertz CT molecular complexity index is 435. The standard InChI is InChI=1S/C14H17NO/c1-10(9-15)13(16)11-7-5-6-8-12(11)14(2,3)4/h5-8,10H,1-4H3. The highest BCUT2D eigenvalue weighted by Crippen LogP contribution is 2.27. The normalized spacial score (nSPS) is 12.9. The minimum absolute atomic E-state index is 0.0819. The Morgan fingerprint density at radius 3 is 2.38 bits per heavy atom. The summed E-state index contributed by atoms with van der Waals surface area (Å²) in [5.41, 5.74) is 1.59.